The Morgan fingerprint density at radius 1 is 1.35 bits per heavy atom. The highest BCUT2D eigenvalue weighted by Crippen LogP contribution is 2.66. The summed E-state index contributed by atoms with van der Waals surface area (Å²) in [6.07, 6.45) is 4.29. The van der Waals surface area contributed by atoms with Crippen molar-refractivity contribution in [1.29, 1.82) is 0 Å². The van der Waals surface area contributed by atoms with Gasteiger partial charge in [0.2, 0.25) is 0 Å². The molecule has 2 heterocycles. The number of likely N-dealkylation sites (tertiary alicyclic amines) is 1. The topological polar surface area (TPSA) is 91.3 Å². The maximum absolute atomic E-state index is 10.9. The van der Waals surface area contributed by atoms with E-state index in [-0.39, 0.29) is 66.2 Å². The first-order valence-electron chi connectivity index (χ1n) is 10.7. The van der Waals surface area contributed by atoms with Crippen LogP contribution in [0.15, 0.2) is 12.1 Å². The van der Waals surface area contributed by atoms with Gasteiger partial charge < -0.3 is 29.9 Å². The van der Waals surface area contributed by atoms with Crippen molar-refractivity contribution in [2.75, 3.05) is 27.2 Å². The Morgan fingerprint density at radius 3 is 2.84 bits per heavy atom. The fourth-order valence-electron chi connectivity index (χ4n) is 6.88. The van der Waals surface area contributed by atoms with Crippen molar-refractivity contribution in [3.8, 4) is 11.5 Å². The Hall–Kier alpha value is -1.25. The highest BCUT2D eigenvalue weighted by Gasteiger charge is 2.73. The van der Waals surface area contributed by atoms with E-state index in [0.29, 0.717) is 18.7 Å². The zero-order valence-electron chi connectivity index (χ0n) is 17.9. The van der Waals surface area contributed by atoms with Crippen molar-refractivity contribution >= 4 is 30.8 Å². The van der Waals surface area contributed by atoms with Crippen LogP contribution in [0.5, 0.6) is 11.5 Å². The summed E-state index contributed by atoms with van der Waals surface area (Å²) < 4.78 is 12.9. The molecule has 3 N–H and O–H groups in total. The van der Waals surface area contributed by atoms with Gasteiger partial charge in [0, 0.05) is 31.2 Å². The van der Waals surface area contributed by atoms with E-state index >= 15 is 0 Å². The number of carbonyl (C=O) groups is 1. The van der Waals surface area contributed by atoms with E-state index in [1.165, 1.54) is 5.56 Å². The zero-order valence-corrected chi connectivity index (χ0v) is 19.6. The van der Waals surface area contributed by atoms with Crippen LogP contribution in [0.3, 0.4) is 0 Å². The number of hydrogen-bond acceptors (Lipinski definition) is 6. The number of halogens is 2. The Labute approximate surface area is 195 Å². The number of nitrogens with one attached hydrogen (secondary N) is 1. The molecule has 1 saturated carbocycles. The van der Waals surface area contributed by atoms with E-state index in [1.54, 1.807) is 6.07 Å². The third kappa shape index (κ3) is 3.16. The molecular formula is C22H32Cl2N2O5. The van der Waals surface area contributed by atoms with Crippen molar-refractivity contribution in [3.05, 3.63) is 23.3 Å². The number of carboxylic acid groups (broad SMARTS) is 1. The number of carboxylic acids is 1. The first kappa shape index (κ1) is 24.4. The molecule has 1 aromatic carbocycles. The molecule has 2 bridgehead atoms. The van der Waals surface area contributed by atoms with Crippen molar-refractivity contribution in [1.82, 2.24) is 10.2 Å². The Morgan fingerprint density at radius 2 is 2.13 bits per heavy atom. The maximum Gasteiger partial charge on any atom is 0.303 e. The van der Waals surface area contributed by atoms with Crippen molar-refractivity contribution < 1.29 is 24.5 Å². The predicted octanol–water partition coefficient (Wildman–Crippen LogP) is 2.50. The summed E-state index contributed by atoms with van der Waals surface area (Å²) in [5.74, 6) is 0.0765. The van der Waals surface area contributed by atoms with Gasteiger partial charge in [0.15, 0.2) is 11.5 Å². The molecule has 1 spiro atoms. The lowest BCUT2D eigenvalue weighted by Crippen LogP contribution is -2.78. The highest BCUT2D eigenvalue weighted by molar-refractivity contribution is 5.85. The van der Waals surface area contributed by atoms with Crippen LogP contribution in [-0.4, -0.2) is 72.1 Å². The minimum atomic E-state index is -0.767. The molecular weight excluding hydrogens is 443 g/mol. The van der Waals surface area contributed by atoms with Gasteiger partial charge in [-0.1, -0.05) is 6.07 Å². The fourth-order valence-corrected chi connectivity index (χ4v) is 6.88. The normalized spacial score (nSPS) is 34.7. The quantitative estimate of drug-likeness (QED) is 0.545. The van der Waals surface area contributed by atoms with Crippen molar-refractivity contribution in [2.45, 2.75) is 67.7 Å². The number of aliphatic carboxylic acids is 1. The number of aromatic hydroxyl groups is 1. The van der Waals surface area contributed by atoms with Crippen LogP contribution in [0.4, 0.5) is 0 Å². The third-order valence-electron chi connectivity index (χ3n) is 8.03. The average Bonchev–Trinajstić information content (AvgIpc) is 3.06. The monoisotopic (exact) mass is 474 g/mol. The first-order chi connectivity index (χ1) is 13.9. The van der Waals surface area contributed by atoms with Crippen molar-refractivity contribution in [2.24, 2.45) is 0 Å². The van der Waals surface area contributed by atoms with Crippen LogP contribution in [-0.2, 0) is 21.4 Å². The van der Waals surface area contributed by atoms with Gasteiger partial charge in [-0.15, -0.1) is 24.8 Å². The second-order valence-electron chi connectivity index (χ2n) is 9.10. The van der Waals surface area contributed by atoms with Crippen LogP contribution in [0.1, 0.15) is 43.2 Å². The minimum Gasteiger partial charge on any atom is -0.504 e. The van der Waals surface area contributed by atoms with Gasteiger partial charge >= 0.3 is 5.97 Å². The lowest BCUT2D eigenvalue weighted by Gasteiger charge is -2.65. The summed E-state index contributed by atoms with van der Waals surface area (Å²) in [6, 6.07) is 4.20. The number of methoxy groups -OCH3 is 1. The van der Waals surface area contributed by atoms with Gasteiger partial charge in [-0.05, 0) is 63.9 Å². The van der Waals surface area contributed by atoms with E-state index in [9.17, 15) is 9.90 Å². The summed E-state index contributed by atoms with van der Waals surface area (Å²) in [4.78, 5) is 13.3. The van der Waals surface area contributed by atoms with Gasteiger partial charge in [-0.25, -0.2) is 0 Å². The van der Waals surface area contributed by atoms with E-state index in [1.807, 2.05) is 7.11 Å². The number of piperidine rings is 1. The number of phenolic OH excluding ortho intramolecular Hbond substituents is 1. The highest BCUT2D eigenvalue weighted by atomic mass is 35.5. The number of phenols is 1. The van der Waals surface area contributed by atoms with Gasteiger partial charge in [0.1, 0.15) is 6.10 Å². The first-order valence-corrected chi connectivity index (χ1v) is 10.7. The lowest BCUT2D eigenvalue weighted by molar-refractivity contribution is -0.203. The number of nitrogens with zero attached hydrogens (tertiary/aromatic N) is 1. The predicted molar refractivity (Wildman–Crippen MR) is 121 cm³/mol. The van der Waals surface area contributed by atoms with E-state index in [0.717, 1.165) is 37.8 Å². The Bertz CT molecular complexity index is 855. The molecule has 0 unspecified atom stereocenters. The van der Waals surface area contributed by atoms with Crippen LogP contribution >= 0.6 is 24.8 Å². The van der Waals surface area contributed by atoms with Crippen LogP contribution in [0.25, 0.3) is 0 Å². The van der Waals surface area contributed by atoms with Crippen LogP contribution < -0.4 is 10.1 Å². The number of rotatable bonds is 6. The van der Waals surface area contributed by atoms with Crippen molar-refractivity contribution in [3.63, 3.8) is 0 Å². The molecule has 31 heavy (non-hydrogen) atoms. The molecule has 1 aromatic rings. The molecule has 9 heteroatoms. The molecule has 0 radical (unpaired) electrons. The Kier molecular flexibility index (Phi) is 6.76. The minimum absolute atomic E-state index is 0. The van der Waals surface area contributed by atoms with Gasteiger partial charge in [0.25, 0.3) is 0 Å². The van der Waals surface area contributed by atoms with E-state index in [4.69, 9.17) is 14.6 Å². The number of likely N-dealkylation sites (N-methyl/N-ethyl adjacent to an activating group) is 1. The number of hydrogen-bond donors (Lipinski definition) is 3. The largest absolute Gasteiger partial charge is 0.504 e. The van der Waals surface area contributed by atoms with E-state index < -0.39 is 5.97 Å². The second kappa shape index (κ2) is 8.60. The molecule has 0 aromatic heterocycles. The smallest absolute Gasteiger partial charge is 0.303 e. The van der Waals surface area contributed by atoms with Crippen LogP contribution in [0.2, 0.25) is 0 Å². The molecule has 5 atom stereocenters. The number of ether oxygens (including phenoxy) is 2. The molecule has 2 aliphatic carbocycles. The summed E-state index contributed by atoms with van der Waals surface area (Å²) in [5.41, 5.74) is 1.79. The number of benzene rings is 1. The summed E-state index contributed by atoms with van der Waals surface area (Å²) >= 11 is 0. The summed E-state index contributed by atoms with van der Waals surface area (Å²) in [6.45, 7) is 1.61. The zero-order chi connectivity index (χ0) is 20.4. The molecule has 7 nitrogen and oxygen atoms in total. The average molecular weight is 475 g/mol. The molecule has 1 saturated heterocycles. The van der Waals surface area contributed by atoms with Gasteiger partial charge in [-0.3, -0.25) is 4.79 Å². The molecule has 0 amide bonds. The Balaban J connectivity index is 0.00000136. The van der Waals surface area contributed by atoms with Gasteiger partial charge in [0.05, 0.1) is 11.0 Å². The summed E-state index contributed by atoms with van der Waals surface area (Å²) in [7, 11) is 4.02. The molecule has 2 aliphatic heterocycles. The molecule has 2 fully saturated rings. The SMILES string of the molecule is CO[C@@]12CC[C@@H](NCCCC(=O)O)[C@@H]3Oc4c(O)ccc5c4[C@@]31CCN(C)[C@@H]2C5.Cl.Cl. The second-order valence-corrected chi connectivity index (χ2v) is 9.10. The molecule has 5 rings (SSSR count). The maximum atomic E-state index is 10.9. The fraction of sp³-hybridized carbons (Fsp3) is 0.682. The summed E-state index contributed by atoms with van der Waals surface area (Å²) in [5, 5.41) is 23.1. The lowest BCUT2D eigenvalue weighted by atomic mass is 9.48. The van der Waals surface area contributed by atoms with E-state index in [2.05, 4.69) is 23.3 Å². The molecule has 4 aliphatic rings. The van der Waals surface area contributed by atoms with Crippen LogP contribution in [0, 0.1) is 0 Å². The third-order valence-corrected chi connectivity index (χ3v) is 8.03. The molecule has 174 valence electrons. The standard InChI is InChI=1S/C22H30N2O5.2ClH/c1-24-11-9-21-18-13-5-6-15(25)19(18)29-20(21)14(23-10-3-4-17(26)27)7-8-22(21,28-2)16(24)12-13;;/h5-6,14,16,20,23,25H,3-4,7-12H2,1-2H3,(H,26,27);2*1H/t14-,16-,20+,21+,22-;;/m1../s1. The van der Waals surface area contributed by atoms with Gasteiger partial charge in [-0.2, -0.15) is 0 Å².